The number of carbonyl (C=O) groups excluding carboxylic acids is 1. The van der Waals surface area contributed by atoms with E-state index in [1.54, 1.807) is 6.20 Å². The Morgan fingerprint density at radius 2 is 1.92 bits per heavy atom. The number of benzene rings is 1. The molecule has 38 heavy (non-hydrogen) atoms. The summed E-state index contributed by atoms with van der Waals surface area (Å²) in [7, 11) is 0. The van der Waals surface area contributed by atoms with Crippen molar-refractivity contribution in [3.63, 3.8) is 0 Å². The van der Waals surface area contributed by atoms with Crippen LogP contribution in [-0.4, -0.2) is 45.4 Å². The first-order valence-corrected chi connectivity index (χ1v) is 13.9. The number of para-hydroxylation sites is 1. The van der Waals surface area contributed by atoms with E-state index >= 15 is 0 Å². The minimum atomic E-state index is 0.0853. The highest BCUT2D eigenvalue weighted by molar-refractivity contribution is 5.91. The minimum absolute atomic E-state index is 0.0853. The number of rotatable bonds is 10. The van der Waals surface area contributed by atoms with Crippen LogP contribution in [-0.2, 0) is 11.3 Å². The molecule has 198 valence electrons. The highest BCUT2D eigenvalue weighted by Gasteiger charge is 2.30. The molecule has 0 aliphatic carbocycles. The van der Waals surface area contributed by atoms with Crippen molar-refractivity contribution in [2.75, 3.05) is 25.4 Å². The Labute approximate surface area is 224 Å². The SMILES string of the molecule is CCC(CCCNCc1ccnc(N)c1)C(=O)N1CCC(c2c(-c3ccccn3)[nH]c3ccccc23)CC1. The van der Waals surface area contributed by atoms with E-state index in [4.69, 9.17) is 5.73 Å². The van der Waals surface area contributed by atoms with Gasteiger partial charge in [-0.25, -0.2) is 4.98 Å². The molecule has 1 aliphatic rings. The second kappa shape index (κ2) is 12.2. The van der Waals surface area contributed by atoms with Gasteiger partial charge in [0.1, 0.15) is 5.82 Å². The monoisotopic (exact) mass is 510 g/mol. The highest BCUT2D eigenvalue weighted by atomic mass is 16.2. The molecule has 7 nitrogen and oxygen atoms in total. The van der Waals surface area contributed by atoms with Gasteiger partial charge in [-0.3, -0.25) is 9.78 Å². The summed E-state index contributed by atoms with van der Waals surface area (Å²) < 4.78 is 0. The van der Waals surface area contributed by atoms with Gasteiger partial charge in [-0.1, -0.05) is 31.2 Å². The number of aromatic nitrogens is 3. The number of hydrogen-bond acceptors (Lipinski definition) is 5. The van der Waals surface area contributed by atoms with Gasteiger partial charge < -0.3 is 20.9 Å². The molecular formula is C31H38N6O. The van der Waals surface area contributed by atoms with Gasteiger partial charge in [0.05, 0.1) is 11.4 Å². The summed E-state index contributed by atoms with van der Waals surface area (Å²) in [5.74, 6) is 1.35. The molecule has 7 heteroatoms. The molecule has 4 aromatic rings. The van der Waals surface area contributed by atoms with E-state index in [1.165, 1.54) is 10.9 Å². The highest BCUT2D eigenvalue weighted by Crippen LogP contribution is 2.40. The zero-order valence-corrected chi connectivity index (χ0v) is 22.2. The first-order chi connectivity index (χ1) is 18.6. The van der Waals surface area contributed by atoms with E-state index in [9.17, 15) is 4.79 Å². The standard InChI is InChI=1S/C31H38N6O/c1-2-23(8-7-15-33-21-22-12-17-35-28(32)20-22)31(38)37-18-13-24(14-19-37)29-25-9-3-4-10-26(25)36-30(29)27-11-5-6-16-34-27/h3-6,9-12,16-17,20,23-24,33,36H,2,7-8,13-15,18-19,21H2,1H3,(H2,32,35). The summed E-state index contributed by atoms with van der Waals surface area (Å²) in [5, 5.41) is 4.73. The summed E-state index contributed by atoms with van der Waals surface area (Å²) in [6.07, 6.45) is 8.30. The van der Waals surface area contributed by atoms with Crippen molar-refractivity contribution in [3.05, 3.63) is 78.1 Å². The first-order valence-electron chi connectivity index (χ1n) is 13.9. The fourth-order valence-corrected chi connectivity index (χ4v) is 5.76. The Morgan fingerprint density at radius 3 is 2.68 bits per heavy atom. The predicted molar refractivity (Wildman–Crippen MR) is 153 cm³/mol. The number of nitrogen functional groups attached to an aromatic ring is 1. The molecular weight excluding hydrogens is 472 g/mol. The van der Waals surface area contributed by atoms with Gasteiger partial charge in [-0.15, -0.1) is 0 Å². The van der Waals surface area contributed by atoms with Crippen molar-refractivity contribution >= 4 is 22.6 Å². The van der Waals surface area contributed by atoms with Gasteiger partial charge in [-0.2, -0.15) is 0 Å². The average Bonchev–Trinajstić information content (AvgIpc) is 3.35. The van der Waals surface area contributed by atoms with E-state index in [1.807, 2.05) is 30.5 Å². The van der Waals surface area contributed by atoms with E-state index in [-0.39, 0.29) is 5.92 Å². The Hall–Kier alpha value is -3.71. The van der Waals surface area contributed by atoms with Gasteiger partial charge in [-0.05, 0) is 86.0 Å². The molecule has 1 fully saturated rings. The van der Waals surface area contributed by atoms with Crippen molar-refractivity contribution < 1.29 is 4.79 Å². The third-order valence-electron chi connectivity index (χ3n) is 7.80. The molecule has 1 amide bonds. The molecule has 1 atom stereocenters. The zero-order chi connectivity index (χ0) is 26.3. The maximum atomic E-state index is 13.4. The second-order valence-electron chi connectivity index (χ2n) is 10.3. The van der Waals surface area contributed by atoms with Gasteiger partial charge in [0, 0.05) is 48.8 Å². The maximum absolute atomic E-state index is 13.4. The van der Waals surface area contributed by atoms with Crippen molar-refractivity contribution in [2.45, 2.75) is 51.5 Å². The maximum Gasteiger partial charge on any atom is 0.225 e. The molecule has 3 aromatic heterocycles. The van der Waals surface area contributed by atoms with E-state index < -0.39 is 0 Å². The summed E-state index contributed by atoms with van der Waals surface area (Å²) in [4.78, 5) is 27.8. The number of nitrogens with one attached hydrogen (secondary N) is 2. The third-order valence-corrected chi connectivity index (χ3v) is 7.80. The summed E-state index contributed by atoms with van der Waals surface area (Å²) >= 11 is 0. The topological polar surface area (TPSA) is 99.9 Å². The Kier molecular flexibility index (Phi) is 8.34. The fraction of sp³-hybridized carbons (Fsp3) is 0.387. The van der Waals surface area contributed by atoms with Gasteiger partial charge in [0.25, 0.3) is 0 Å². The molecule has 4 N–H and O–H groups in total. The number of piperidine rings is 1. The summed E-state index contributed by atoms with van der Waals surface area (Å²) in [5.41, 5.74) is 11.5. The number of aromatic amines is 1. The van der Waals surface area contributed by atoms with Crippen LogP contribution in [0.5, 0.6) is 0 Å². The van der Waals surface area contributed by atoms with Gasteiger partial charge in [0.15, 0.2) is 0 Å². The Morgan fingerprint density at radius 1 is 1.11 bits per heavy atom. The van der Waals surface area contributed by atoms with Crippen LogP contribution >= 0.6 is 0 Å². The summed E-state index contributed by atoms with van der Waals surface area (Å²) in [6, 6.07) is 18.4. The first kappa shape index (κ1) is 25.9. The lowest BCUT2D eigenvalue weighted by Crippen LogP contribution is -2.41. The van der Waals surface area contributed by atoms with Crippen LogP contribution in [0.1, 0.15) is 56.1 Å². The number of fused-ring (bicyclic) bond motifs is 1. The smallest absolute Gasteiger partial charge is 0.225 e. The zero-order valence-electron chi connectivity index (χ0n) is 22.2. The van der Waals surface area contributed by atoms with Crippen LogP contribution in [0.4, 0.5) is 5.82 Å². The second-order valence-corrected chi connectivity index (χ2v) is 10.3. The molecule has 1 aliphatic heterocycles. The molecule has 4 heterocycles. The van der Waals surface area contributed by atoms with Crippen LogP contribution in [0, 0.1) is 5.92 Å². The quantitative estimate of drug-likeness (QED) is 0.244. The summed E-state index contributed by atoms with van der Waals surface area (Å²) in [6.45, 7) is 5.39. The largest absolute Gasteiger partial charge is 0.384 e. The molecule has 1 saturated heterocycles. The van der Waals surface area contributed by atoms with E-state index in [0.717, 1.165) is 80.8 Å². The number of H-pyrrole nitrogens is 1. The van der Waals surface area contributed by atoms with Crippen molar-refractivity contribution in [1.29, 1.82) is 0 Å². The average molecular weight is 511 g/mol. The van der Waals surface area contributed by atoms with Crippen LogP contribution in [0.15, 0.2) is 67.0 Å². The molecule has 5 rings (SSSR count). The number of anilines is 1. The number of amides is 1. The predicted octanol–water partition coefficient (Wildman–Crippen LogP) is 5.51. The molecule has 0 saturated carbocycles. The third kappa shape index (κ3) is 5.89. The van der Waals surface area contributed by atoms with E-state index in [0.29, 0.717) is 17.6 Å². The van der Waals surface area contributed by atoms with Crippen LogP contribution in [0.25, 0.3) is 22.3 Å². The minimum Gasteiger partial charge on any atom is -0.384 e. The number of hydrogen-bond donors (Lipinski definition) is 3. The molecule has 1 unspecified atom stereocenters. The number of nitrogens with two attached hydrogens (primary N) is 1. The van der Waals surface area contributed by atoms with Crippen LogP contribution in [0.3, 0.4) is 0 Å². The Bertz CT molecular complexity index is 1340. The number of nitrogens with zero attached hydrogens (tertiary/aromatic N) is 3. The molecule has 0 radical (unpaired) electrons. The van der Waals surface area contributed by atoms with Crippen molar-refractivity contribution in [2.24, 2.45) is 5.92 Å². The Balaban J connectivity index is 1.17. The van der Waals surface area contributed by atoms with E-state index in [2.05, 4.69) is 62.4 Å². The lowest BCUT2D eigenvalue weighted by molar-refractivity contribution is -0.137. The fourth-order valence-electron chi connectivity index (χ4n) is 5.76. The molecule has 1 aromatic carbocycles. The molecule has 0 spiro atoms. The number of carbonyl (C=O) groups is 1. The van der Waals surface area contributed by atoms with Crippen molar-refractivity contribution in [1.82, 2.24) is 25.2 Å². The van der Waals surface area contributed by atoms with Gasteiger partial charge >= 0.3 is 0 Å². The molecule has 0 bridgehead atoms. The number of pyridine rings is 2. The van der Waals surface area contributed by atoms with Gasteiger partial charge in [0.2, 0.25) is 5.91 Å². The number of likely N-dealkylation sites (tertiary alicyclic amines) is 1. The lowest BCUT2D eigenvalue weighted by atomic mass is 9.86. The lowest BCUT2D eigenvalue weighted by Gasteiger charge is -2.34. The van der Waals surface area contributed by atoms with Crippen LogP contribution in [0.2, 0.25) is 0 Å². The van der Waals surface area contributed by atoms with Crippen molar-refractivity contribution in [3.8, 4) is 11.4 Å². The normalized spacial score (nSPS) is 15.1. The van der Waals surface area contributed by atoms with Crippen LogP contribution < -0.4 is 11.1 Å².